The van der Waals surface area contributed by atoms with Gasteiger partial charge in [0.2, 0.25) is 5.91 Å². The minimum atomic E-state index is -1.01. The highest BCUT2D eigenvalue weighted by Crippen LogP contribution is 2.37. The van der Waals surface area contributed by atoms with Crippen LogP contribution in [0.3, 0.4) is 0 Å². The third-order valence-corrected chi connectivity index (χ3v) is 5.05. The Hall–Kier alpha value is -2.87. The van der Waals surface area contributed by atoms with Gasteiger partial charge in [0.05, 0.1) is 32.4 Å². The average Bonchev–Trinajstić information content (AvgIpc) is 3.35. The molecule has 27 heavy (non-hydrogen) atoms. The van der Waals surface area contributed by atoms with E-state index in [1.54, 1.807) is 31.6 Å². The van der Waals surface area contributed by atoms with Crippen LogP contribution in [0.1, 0.15) is 36.4 Å². The molecule has 0 bridgehead atoms. The number of carbonyl (C=O) groups is 2. The van der Waals surface area contributed by atoms with Gasteiger partial charge in [-0.15, -0.1) is 0 Å². The van der Waals surface area contributed by atoms with Crippen molar-refractivity contribution in [1.82, 2.24) is 5.01 Å². The van der Waals surface area contributed by atoms with Crippen molar-refractivity contribution in [3.05, 3.63) is 46.2 Å². The maximum Gasteiger partial charge on any atom is 0.303 e. The molecule has 1 aromatic heterocycles. The molecule has 0 radical (unpaired) electrons. The number of rotatable bonds is 7. The van der Waals surface area contributed by atoms with Crippen LogP contribution in [-0.2, 0) is 9.59 Å². The Morgan fingerprint density at radius 3 is 2.63 bits per heavy atom. The van der Waals surface area contributed by atoms with Crippen LogP contribution < -0.4 is 9.47 Å². The molecule has 1 atom stereocenters. The van der Waals surface area contributed by atoms with Crippen LogP contribution in [0.2, 0.25) is 0 Å². The fourth-order valence-electron chi connectivity index (χ4n) is 2.99. The number of hydrogen-bond donors (Lipinski definition) is 1. The van der Waals surface area contributed by atoms with Crippen LogP contribution in [0.15, 0.2) is 40.1 Å². The molecule has 0 unspecified atom stereocenters. The number of carbonyl (C=O) groups excluding carboxylic acids is 1. The Bertz CT molecular complexity index is 863. The summed E-state index contributed by atoms with van der Waals surface area (Å²) in [4.78, 5) is 23.5. The maximum absolute atomic E-state index is 12.6. The number of hydrazone groups is 1. The lowest BCUT2D eigenvalue weighted by molar-refractivity contribution is -0.141. The molecule has 0 saturated carbocycles. The molecular formula is C19H20N2O5S. The van der Waals surface area contributed by atoms with Gasteiger partial charge in [-0.25, -0.2) is 5.01 Å². The third kappa shape index (κ3) is 4.11. The lowest BCUT2D eigenvalue weighted by atomic mass is 9.99. The van der Waals surface area contributed by atoms with Crippen LogP contribution in [0, 0.1) is 0 Å². The summed E-state index contributed by atoms with van der Waals surface area (Å²) in [5.74, 6) is -0.159. The number of carboxylic acid groups (broad SMARTS) is 1. The van der Waals surface area contributed by atoms with Gasteiger partial charge in [-0.05, 0) is 34.5 Å². The second kappa shape index (κ2) is 8.22. The van der Waals surface area contributed by atoms with Crippen molar-refractivity contribution in [2.45, 2.75) is 25.3 Å². The molecule has 8 heteroatoms. The van der Waals surface area contributed by atoms with Crippen molar-refractivity contribution in [2.24, 2.45) is 5.10 Å². The van der Waals surface area contributed by atoms with Gasteiger partial charge >= 0.3 is 5.97 Å². The summed E-state index contributed by atoms with van der Waals surface area (Å²) >= 11 is 1.56. The number of hydrogen-bond acceptors (Lipinski definition) is 6. The number of nitrogens with zero attached hydrogens (tertiary/aromatic N) is 2. The average molecular weight is 388 g/mol. The van der Waals surface area contributed by atoms with Gasteiger partial charge in [0.15, 0.2) is 11.5 Å². The zero-order chi connectivity index (χ0) is 19.4. The van der Waals surface area contributed by atoms with Gasteiger partial charge in [-0.2, -0.15) is 16.4 Å². The fraction of sp³-hybridized carbons (Fsp3) is 0.316. The summed E-state index contributed by atoms with van der Waals surface area (Å²) in [7, 11) is 3.12. The van der Waals surface area contributed by atoms with Crippen LogP contribution in [0.25, 0.3) is 0 Å². The maximum atomic E-state index is 12.6. The van der Waals surface area contributed by atoms with E-state index >= 15 is 0 Å². The van der Waals surface area contributed by atoms with E-state index in [1.165, 1.54) is 5.01 Å². The molecule has 0 spiro atoms. The number of thiophene rings is 1. The van der Waals surface area contributed by atoms with Gasteiger partial charge in [0, 0.05) is 18.4 Å². The standard InChI is InChI=1S/C19H20N2O5S/c1-25-16-4-3-12(9-17(16)26-2)15-10-14(13-7-8-27-11-13)20-21(15)18(22)5-6-19(23)24/h3-4,7-9,11,15H,5-6,10H2,1-2H3,(H,23,24)/t15-/m0/s1. The largest absolute Gasteiger partial charge is 0.493 e. The summed E-state index contributed by atoms with van der Waals surface area (Å²) in [5, 5.41) is 18.7. The van der Waals surface area contributed by atoms with Crippen molar-refractivity contribution in [2.75, 3.05) is 14.2 Å². The second-order valence-electron chi connectivity index (χ2n) is 6.03. The Morgan fingerprint density at radius 1 is 1.22 bits per heavy atom. The minimum absolute atomic E-state index is 0.0977. The summed E-state index contributed by atoms with van der Waals surface area (Å²) in [6.45, 7) is 0. The zero-order valence-electron chi connectivity index (χ0n) is 15.0. The Balaban J connectivity index is 1.92. The first kappa shape index (κ1) is 18.9. The predicted octanol–water partition coefficient (Wildman–Crippen LogP) is 3.31. The van der Waals surface area contributed by atoms with Crippen LogP contribution >= 0.6 is 11.3 Å². The number of amides is 1. The summed E-state index contributed by atoms with van der Waals surface area (Å²) < 4.78 is 10.6. The SMILES string of the molecule is COc1ccc([C@@H]2CC(c3ccsc3)=NN2C(=O)CCC(=O)O)cc1OC. The van der Waals surface area contributed by atoms with E-state index in [4.69, 9.17) is 14.6 Å². The summed E-state index contributed by atoms with van der Waals surface area (Å²) in [5.41, 5.74) is 2.63. The smallest absolute Gasteiger partial charge is 0.303 e. The first-order valence-electron chi connectivity index (χ1n) is 8.39. The topological polar surface area (TPSA) is 88.4 Å². The van der Waals surface area contributed by atoms with E-state index in [0.717, 1.165) is 16.8 Å². The van der Waals surface area contributed by atoms with Crippen molar-refractivity contribution in [3.63, 3.8) is 0 Å². The van der Waals surface area contributed by atoms with Crippen LogP contribution in [-0.4, -0.2) is 41.9 Å². The van der Waals surface area contributed by atoms with Gasteiger partial charge in [0.1, 0.15) is 0 Å². The quantitative estimate of drug-likeness (QED) is 0.786. The molecular weight excluding hydrogens is 368 g/mol. The molecule has 0 saturated heterocycles. The highest BCUT2D eigenvalue weighted by molar-refractivity contribution is 7.08. The predicted molar refractivity (Wildman–Crippen MR) is 101 cm³/mol. The van der Waals surface area contributed by atoms with E-state index in [0.29, 0.717) is 17.9 Å². The van der Waals surface area contributed by atoms with E-state index < -0.39 is 5.97 Å². The number of ether oxygens (including phenoxy) is 2. The molecule has 0 aliphatic carbocycles. The highest BCUT2D eigenvalue weighted by Gasteiger charge is 2.33. The molecule has 142 valence electrons. The van der Waals surface area contributed by atoms with Gasteiger partial charge in [0.25, 0.3) is 0 Å². The highest BCUT2D eigenvalue weighted by atomic mass is 32.1. The Labute approximate surface area is 160 Å². The zero-order valence-corrected chi connectivity index (χ0v) is 15.9. The van der Waals surface area contributed by atoms with E-state index in [1.807, 2.05) is 29.0 Å². The monoisotopic (exact) mass is 388 g/mol. The van der Waals surface area contributed by atoms with Crippen molar-refractivity contribution >= 4 is 28.9 Å². The van der Waals surface area contributed by atoms with Crippen LogP contribution in [0.5, 0.6) is 11.5 Å². The first-order chi connectivity index (χ1) is 13.0. The number of methoxy groups -OCH3 is 2. The molecule has 2 aromatic rings. The lowest BCUT2D eigenvalue weighted by Crippen LogP contribution is -2.27. The molecule has 2 heterocycles. The summed E-state index contributed by atoms with van der Waals surface area (Å²) in [6.07, 6.45) is 0.224. The number of aliphatic carboxylic acids is 1. The van der Waals surface area contributed by atoms with E-state index in [9.17, 15) is 9.59 Å². The van der Waals surface area contributed by atoms with Gasteiger partial charge in [-0.3, -0.25) is 9.59 Å². The van der Waals surface area contributed by atoms with E-state index in [-0.39, 0.29) is 24.8 Å². The lowest BCUT2D eigenvalue weighted by Gasteiger charge is -2.22. The number of benzene rings is 1. The molecule has 0 fully saturated rings. The normalized spacial score (nSPS) is 16.1. The van der Waals surface area contributed by atoms with Crippen molar-refractivity contribution < 1.29 is 24.2 Å². The molecule has 1 aliphatic heterocycles. The molecule has 3 rings (SSSR count). The van der Waals surface area contributed by atoms with Crippen LogP contribution in [0.4, 0.5) is 0 Å². The van der Waals surface area contributed by atoms with E-state index in [2.05, 4.69) is 5.10 Å². The molecule has 7 nitrogen and oxygen atoms in total. The van der Waals surface area contributed by atoms with Crippen molar-refractivity contribution in [3.8, 4) is 11.5 Å². The minimum Gasteiger partial charge on any atom is -0.493 e. The fourth-order valence-corrected chi connectivity index (χ4v) is 3.66. The molecule has 1 N–H and O–H groups in total. The first-order valence-corrected chi connectivity index (χ1v) is 9.33. The second-order valence-corrected chi connectivity index (χ2v) is 6.81. The molecule has 1 aliphatic rings. The number of carboxylic acids is 1. The molecule has 1 amide bonds. The summed E-state index contributed by atoms with van der Waals surface area (Å²) in [6, 6.07) is 7.13. The Kier molecular flexibility index (Phi) is 5.75. The Morgan fingerprint density at radius 2 is 2.00 bits per heavy atom. The van der Waals surface area contributed by atoms with Gasteiger partial charge in [-0.1, -0.05) is 6.07 Å². The molecule has 1 aromatic carbocycles. The van der Waals surface area contributed by atoms with Crippen molar-refractivity contribution in [1.29, 1.82) is 0 Å². The van der Waals surface area contributed by atoms with Gasteiger partial charge < -0.3 is 14.6 Å². The third-order valence-electron chi connectivity index (χ3n) is 4.37.